The van der Waals surface area contributed by atoms with Crippen LogP contribution in [0.1, 0.15) is 18.1 Å². The molecular formula is C13H13F3N2O2. The first kappa shape index (κ1) is 15.9. The van der Waals surface area contributed by atoms with Gasteiger partial charge in [0.1, 0.15) is 0 Å². The first-order chi connectivity index (χ1) is 9.12. The number of alkyl halides is 3. The van der Waals surface area contributed by atoms with Gasteiger partial charge in [0.05, 0.1) is 5.69 Å². The number of benzene rings is 1. The van der Waals surface area contributed by atoms with Gasteiger partial charge in [-0.1, -0.05) is 17.7 Å². The summed E-state index contributed by atoms with van der Waals surface area (Å²) < 4.78 is 37.1. The first-order valence-electron chi connectivity index (χ1n) is 5.63. The largest absolute Gasteiger partial charge is 0.503 e. The van der Waals surface area contributed by atoms with E-state index in [0.29, 0.717) is 11.3 Å². The van der Waals surface area contributed by atoms with Crippen LogP contribution in [0.25, 0.3) is 0 Å². The van der Waals surface area contributed by atoms with Crippen LogP contribution in [-0.2, 0) is 4.79 Å². The van der Waals surface area contributed by atoms with Crippen LogP contribution in [0.5, 0.6) is 0 Å². The van der Waals surface area contributed by atoms with Gasteiger partial charge in [0.2, 0.25) is 5.76 Å². The van der Waals surface area contributed by atoms with Crippen molar-refractivity contribution >= 4 is 11.5 Å². The fraction of sp³-hybridized carbons (Fsp3) is 0.308. The van der Waals surface area contributed by atoms with E-state index in [0.717, 1.165) is 12.5 Å². The topological polar surface area (TPSA) is 62.0 Å². The Morgan fingerprint density at radius 3 is 2.30 bits per heavy atom. The van der Waals surface area contributed by atoms with Crippen molar-refractivity contribution in [2.24, 2.45) is 10.2 Å². The molecule has 0 amide bonds. The zero-order valence-corrected chi connectivity index (χ0v) is 11.1. The lowest BCUT2D eigenvalue weighted by atomic mass is 10.1. The molecule has 0 aliphatic carbocycles. The third kappa shape index (κ3) is 3.91. The summed E-state index contributed by atoms with van der Waals surface area (Å²) in [6.45, 7) is 4.44. The van der Waals surface area contributed by atoms with Crippen molar-refractivity contribution in [1.29, 1.82) is 0 Å². The number of Topliss-reactive ketones (excluding diaryl/α,β-unsaturated/α-hetero) is 1. The Bertz CT molecular complexity index is 590. The number of ketones is 1. The molecule has 0 aliphatic rings. The van der Waals surface area contributed by atoms with Gasteiger partial charge in [0, 0.05) is 6.92 Å². The standard InChI is InChI=1S/C13H13F3N2O2/c1-7-4-5-10(8(2)6-7)17-18-11(9(3)19)12(20)13(14,15)16/h4-6,20H,1-3H3/b12-11-,18-17?. The van der Waals surface area contributed by atoms with E-state index in [-0.39, 0.29) is 0 Å². The van der Waals surface area contributed by atoms with Gasteiger partial charge in [-0.15, -0.1) is 5.11 Å². The summed E-state index contributed by atoms with van der Waals surface area (Å²) in [7, 11) is 0. The first-order valence-corrected chi connectivity index (χ1v) is 5.63. The van der Waals surface area contributed by atoms with Gasteiger partial charge >= 0.3 is 6.18 Å². The molecule has 4 nitrogen and oxygen atoms in total. The van der Waals surface area contributed by atoms with Crippen molar-refractivity contribution in [3.63, 3.8) is 0 Å². The fourth-order valence-electron chi connectivity index (χ4n) is 1.44. The van der Waals surface area contributed by atoms with Gasteiger partial charge in [-0.05, 0) is 25.5 Å². The molecule has 0 radical (unpaired) electrons. The second-order valence-electron chi connectivity index (χ2n) is 4.24. The lowest BCUT2D eigenvalue weighted by Crippen LogP contribution is -2.16. The maximum absolute atomic E-state index is 12.4. The van der Waals surface area contributed by atoms with E-state index in [9.17, 15) is 18.0 Å². The molecular weight excluding hydrogens is 273 g/mol. The molecule has 1 aromatic rings. The van der Waals surface area contributed by atoms with Crippen LogP contribution < -0.4 is 0 Å². The molecule has 1 aromatic carbocycles. The van der Waals surface area contributed by atoms with Crippen molar-refractivity contribution < 1.29 is 23.1 Å². The summed E-state index contributed by atoms with van der Waals surface area (Å²) in [5.74, 6) is -3.06. The number of carbonyl (C=O) groups excluding carboxylic acids is 1. The SMILES string of the molecule is CC(=O)/C(N=Nc1ccc(C)cc1C)=C(/O)C(F)(F)F. The lowest BCUT2D eigenvalue weighted by molar-refractivity contribution is -0.126. The summed E-state index contributed by atoms with van der Waals surface area (Å²) >= 11 is 0. The number of allylic oxidation sites excluding steroid dienone is 2. The van der Waals surface area contributed by atoms with Crippen molar-refractivity contribution in [3.8, 4) is 0 Å². The van der Waals surface area contributed by atoms with E-state index >= 15 is 0 Å². The molecule has 1 N–H and O–H groups in total. The molecule has 0 aromatic heterocycles. The molecule has 7 heteroatoms. The number of aryl methyl sites for hydroxylation is 2. The summed E-state index contributed by atoms with van der Waals surface area (Å²) in [6.07, 6.45) is -5.04. The Balaban J connectivity index is 3.21. The summed E-state index contributed by atoms with van der Waals surface area (Å²) in [4.78, 5) is 11.1. The monoisotopic (exact) mass is 286 g/mol. The Hall–Kier alpha value is -2.18. The smallest absolute Gasteiger partial charge is 0.451 e. The van der Waals surface area contributed by atoms with Crippen LogP contribution >= 0.6 is 0 Å². The maximum Gasteiger partial charge on any atom is 0.451 e. The van der Waals surface area contributed by atoms with E-state index in [4.69, 9.17) is 5.11 Å². The predicted molar refractivity (Wildman–Crippen MR) is 66.8 cm³/mol. The van der Waals surface area contributed by atoms with Gasteiger partial charge in [-0.25, -0.2) is 0 Å². The van der Waals surface area contributed by atoms with E-state index in [1.54, 1.807) is 25.1 Å². The Labute approximate surface area is 113 Å². The van der Waals surface area contributed by atoms with Crippen LogP contribution in [0.2, 0.25) is 0 Å². The molecule has 0 atom stereocenters. The van der Waals surface area contributed by atoms with Gasteiger partial charge in [-0.2, -0.15) is 18.3 Å². The summed E-state index contributed by atoms with van der Waals surface area (Å²) in [5, 5.41) is 15.8. The zero-order chi connectivity index (χ0) is 15.5. The minimum atomic E-state index is -5.04. The predicted octanol–water partition coefficient (Wildman–Crippen LogP) is 4.31. The molecule has 0 aliphatic heterocycles. The third-order valence-electron chi connectivity index (χ3n) is 2.44. The fourth-order valence-corrected chi connectivity index (χ4v) is 1.44. The zero-order valence-electron chi connectivity index (χ0n) is 11.1. The van der Waals surface area contributed by atoms with Crippen molar-refractivity contribution in [3.05, 3.63) is 40.8 Å². The summed E-state index contributed by atoms with van der Waals surface area (Å²) in [6, 6.07) is 5.05. The van der Waals surface area contributed by atoms with Crippen LogP contribution in [0.15, 0.2) is 39.9 Å². The van der Waals surface area contributed by atoms with Crippen LogP contribution in [0.4, 0.5) is 18.9 Å². The highest BCUT2D eigenvalue weighted by Gasteiger charge is 2.38. The highest BCUT2D eigenvalue weighted by Crippen LogP contribution is 2.28. The highest BCUT2D eigenvalue weighted by atomic mass is 19.4. The second-order valence-corrected chi connectivity index (χ2v) is 4.24. The Morgan fingerprint density at radius 2 is 1.85 bits per heavy atom. The molecule has 0 saturated heterocycles. The molecule has 108 valence electrons. The normalized spacial score (nSPS) is 13.5. The number of aliphatic hydroxyl groups excluding tert-OH is 1. The molecule has 0 spiro atoms. The molecule has 0 heterocycles. The van der Waals surface area contributed by atoms with Crippen LogP contribution in [-0.4, -0.2) is 17.1 Å². The van der Waals surface area contributed by atoms with Crippen molar-refractivity contribution in [1.82, 2.24) is 0 Å². The maximum atomic E-state index is 12.4. The quantitative estimate of drug-likeness (QED) is 0.511. The molecule has 0 unspecified atom stereocenters. The average Bonchev–Trinajstić information content (AvgIpc) is 2.30. The number of hydrogen-bond donors (Lipinski definition) is 1. The molecule has 0 fully saturated rings. The number of hydrogen-bond acceptors (Lipinski definition) is 4. The van der Waals surface area contributed by atoms with E-state index in [1.165, 1.54) is 0 Å². The van der Waals surface area contributed by atoms with E-state index in [2.05, 4.69) is 10.2 Å². The van der Waals surface area contributed by atoms with Crippen LogP contribution in [0, 0.1) is 13.8 Å². The second kappa shape index (κ2) is 5.85. The number of azo groups is 1. The van der Waals surface area contributed by atoms with Gasteiger partial charge < -0.3 is 5.11 Å². The number of rotatable bonds is 3. The lowest BCUT2D eigenvalue weighted by Gasteiger charge is -2.06. The van der Waals surface area contributed by atoms with Gasteiger partial charge in [0.25, 0.3) is 0 Å². The van der Waals surface area contributed by atoms with E-state index < -0.39 is 23.4 Å². The average molecular weight is 286 g/mol. The highest BCUT2D eigenvalue weighted by molar-refractivity contribution is 5.93. The van der Waals surface area contributed by atoms with Crippen molar-refractivity contribution in [2.75, 3.05) is 0 Å². The minimum absolute atomic E-state index is 0.323. The number of aliphatic hydroxyl groups is 1. The number of carbonyl (C=O) groups is 1. The van der Waals surface area contributed by atoms with Gasteiger partial charge in [0.15, 0.2) is 11.5 Å². The Kier molecular flexibility index (Phi) is 4.65. The molecule has 20 heavy (non-hydrogen) atoms. The number of nitrogens with zero attached hydrogens (tertiary/aromatic N) is 2. The van der Waals surface area contributed by atoms with E-state index in [1.807, 2.05) is 6.92 Å². The molecule has 1 rings (SSSR count). The Morgan fingerprint density at radius 1 is 1.25 bits per heavy atom. The number of halogens is 3. The van der Waals surface area contributed by atoms with Crippen molar-refractivity contribution in [2.45, 2.75) is 26.9 Å². The van der Waals surface area contributed by atoms with Crippen LogP contribution in [0.3, 0.4) is 0 Å². The molecule has 0 saturated carbocycles. The third-order valence-corrected chi connectivity index (χ3v) is 2.44. The molecule has 0 bridgehead atoms. The summed E-state index contributed by atoms with van der Waals surface area (Å²) in [5.41, 5.74) is 0.867. The van der Waals surface area contributed by atoms with Gasteiger partial charge in [-0.3, -0.25) is 4.79 Å². The minimum Gasteiger partial charge on any atom is -0.503 e.